The van der Waals surface area contributed by atoms with Crippen LogP contribution in [0.4, 0.5) is 5.69 Å². The highest BCUT2D eigenvalue weighted by Gasteiger charge is 2.57. The third-order valence-electron chi connectivity index (χ3n) is 6.45. The summed E-state index contributed by atoms with van der Waals surface area (Å²) >= 11 is 2.32. The van der Waals surface area contributed by atoms with Gasteiger partial charge in [-0.2, -0.15) is 0 Å². The summed E-state index contributed by atoms with van der Waals surface area (Å²) in [5, 5.41) is 0. The first-order chi connectivity index (χ1) is 14.3. The van der Waals surface area contributed by atoms with Gasteiger partial charge in [-0.3, -0.25) is 4.79 Å². The minimum Gasteiger partial charge on any atom is -0.463 e. The van der Waals surface area contributed by atoms with Gasteiger partial charge in [0.15, 0.2) is 5.78 Å². The van der Waals surface area contributed by atoms with Crippen LogP contribution in [-0.2, 0) is 5.41 Å². The highest BCUT2D eigenvalue weighted by molar-refractivity contribution is 14.1. The van der Waals surface area contributed by atoms with Crippen LogP contribution in [0.15, 0.2) is 72.8 Å². The van der Waals surface area contributed by atoms with E-state index >= 15 is 0 Å². The van der Waals surface area contributed by atoms with E-state index in [4.69, 9.17) is 4.74 Å². The van der Waals surface area contributed by atoms with Crippen molar-refractivity contribution >= 4 is 40.1 Å². The van der Waals surface area contributed by atoms with E-state index in [0.717, 1.165) is 22.6 Å². The zero-order valence-corrected chi connectivity index (χ0v) is 19.3. The number of nitrogens with zero attached hydrogens (tertiary/aromatic N) is 1. The molecule has 0 aliphatic carbocycles. The molecule has 2 heterocycles. The molecule has 5 rings (SSSR count). The number of carbonyl (C=O) groups is 1. The zero-order chi connectivity index (χ0) is 21.1. The van der Waals surface area contributed by atoms with Crippen molar-refractivity contribution in [1.82, 2.24) is 0 Å². The molecule has 2 aliphatic heterocycles. The Morgan fingerprint density at radius 2 is 1.73 bits per heavy atom. The minimum atomic E-state index is -0.649. The number of ether oxygens (including phenoxy) is 1. The molecule has 3 aromatic carbocycles. The number of anilines is 1. The molecule has 1 atom stereocenters. The van der Waals surface area contributed by atoms with Crippen molar-refractivity contribution in [3.05, 3.63) is 98.6 Å². The van der Waals surface area contributed by atoms with Gasteiger partial charge in [0.2, 0.25) is 5.72 Å². The summed E-state index contributed by atoms with van der Waals surface area (Å²) in [4.78, 5) is 15.2. The third-order valence-corrected chi connectivity index (χ3v) is 7.12. The Morgan fingerprint density at radius 3 is 2.50 bits per heavy atom. The molecule has 30 heavy (non-hydrogen) atoms. The normalized spacial score (nSPS) is 20.6. The van der Waals surface area contributed by atoms with Crippen molar-refractivity contribution in [1.29, 1.82) is 0 Å². The average Bonchev–Trinajstić information content (AvgIpc) is 2.92. The number of rotatable bonds is 2. The van der Waals surface area contributed by atoms with E-state index in [1.807, 2.05) is 54.6 Å². The number of hydrogen-bond donors (Lipinski definition) is 0. The molecule has 0 N–H and O–H groups in total. The molecule has 0 radical (unpaired) electrons. The van der Waals surface area contributed by atoms with Crippen LogP contribution in [0.5, 0.6) is 5.75 Å². The number of benzene rings is 3. The molecular formula is C26H22INO2. The Balaban J connectivity index is 1.59. The summed E-state index contributed by atoms with van der Waals surface area (Å²) in [7, 11) is 2.06. The summed E-state index contributed by atoms with van der Waals surface area (Å²) in [6, 6.07) is 21.7. The molecule has 3 aromatic rings. The smallest absolute Gasteiger partial charge is 0.211 e. The predicted octanol–water partition coefficient (Wildman–Crippen LogP) is 6.05. The first-order valence-corrected chi connectivity index (χ1v) is 11.1. The van der Waals surface area contributed by atoms with Crippen molar-refractivity contribution in [2.45, 2.75) is 25.0 Å². The summed E-state index contributed by atoms with van der Waals surface area (Å²) < 4.78 is 7.86. The largest absolute Gasteiger partial charge is 0.463 e. The van der Waals surface area contributed by atoms with Crippen LogP contribution >= 0.6 is 22.6 Å². The minimum absolute atomic E-state index is 0.0397. The fourth-order valence-electron chi connectivity index (χ4n) is 4.68. The fourth-order valence-corrected chi connectivity index (χ4v) is 5.20. The Kier molecular flexibility index (Phi) is 4.33. The van der Waals surface area contributed by atoms with Gasteiger partial charge in [-0.15, -0.1) is 0 Å². The van der Waals surface area contributed by atoms with Gasteiger partial charge in [-0.05, 0) is 90.6 Å². The number of halogens is 1. The van der Waals surface area contributed by atoms with Gasteiger partial charge in [-0.1, -0.05) is 30.3 Å². The van der Waals surface area contributed by atoms with Crippen LogP contribution < -0.4 is 9.64 Å². The van der Waals surface area contributed by atoms with E-state index in [1.165, 1.54) is 3.57 Å². The summed E-state index contributed by atoms with van der Waals surface area (Å²) in [5.74, 6) is 0.920. The lowest BCUT2D eigenvalue weighted by Crippen LogP contribution is -2.58. The molecule has 1 spiro atoms. The third kappa shape index (κ3) is 2.66. The topological polar surface area (TPSA) is 29.5 Å². The molecular weight excluding hydrogens is 485 g/mol. The van der Waals surface area contributed by atoms with E-state index < -0.39 is 5.72 Å². The lowest BCUT2D eigenvalue weighted by atomic mass is 9.76. The standard InChI is InChI=1S/C26H22INO2/c1-25(2)21-16-19(24(29)17-7-5-4-6-8-17)9-11-22(21)28(3)26(25)14-13-18-15-20(27)10-12-23(18)30-26/h4-16H,1-3H3. The highest BCUT2D eigenvalue weighted by atomic mass is 127. The van der Waals surface area contributed by atoms with Gasteiger partial charge in [-0.25, -0.2) is 0 Å². The average molecular weight is 507 g/mol. The van der Waals surface area contributed by atoms with Crippen molar-refractivity contribution in [2.75, 3.05) is 11.9 Å². The van der Waals surface area contributed by atoms with Crippen molar-refractivity contribution in [2.24, 2.45) is 0 Å². The quantitative estimate of drug-likeness (QED) is 0.313. The van der Waals surface area contributed by atoms with Crippen LogP contribution in [0.3, 0.4) is 0 Å². The maximum absolute atomic E-state index is 13.0. The van der Waals surface area contributed by atoms with Crippen LogP contribution in [0.1, 0.15) is 40.9 Å². The molecule has 1 unspecified atom stereocenters. The Bertz CT molecular complexity index is 1200. The SMILES string of the molecule is CN1c2ccc(C(=O)c3ccccc3)cc2C(C)(C)C12C=Cc1cc(I)ccc1O2. The highest BCUT2D eigenvalue weighted by Crippen LogP contribution is 2.54. The first-order valence-electron chi connectivity index (χ1n) is 9.99. The van der Waals surface area contributed by atoms with Gasteiger partial charge < -0.3 is 9.64 Å². The van der Waals surface area contributed by atoms with Crippen LogP contribution in [0, 0.1) is 3.57 Å². The van der Waals surface area contributed by atoms with E-state index in [2.05, 4.69) is 72.7 Å². The molecule has 2 aliphatic rings. The monoisotopic (exact) mass is 507 g/mol. The van der Waals surface area contributed by atoms with Crippen molar-refractivity contribution < 1.29 is 9.53 Å². The Labute approximate surface area is 190 Å². The molecule has 0 saturated carbocycles. The van der Waals surface area contributed by atoms with Gasteiger partial charge >= 0.3 is 0 Å². The maximum Gasteiger partial charge on any atom is 0.211 e. The molecule has 0 fully saturated rings. The number of fused-ring (bicyclic) bond motifs is 2. The molecule has 0 saturated heterocycles. The molecule has 4 heteroatoms. The van der Waals surface area contributed by atoms with E-state index in [0.29, 0.717) is 11.1 Å². The summed E-state index contributed by atoms with van der Waals surface area (Å²) in [6.07, 6.45) is 4.31. The van der Waals surface area contributed by atoms with E-state index in [9.17, 15) is 4.79 Å². The van der Waals surface area contributed by atoms with Gasteiger partial charge in [0.1, 0.15) is 5.75 Å². The predicted molar refractivity (Wildman–Crippen MR) is 129 cm³/mol. The maximum atomic E-state index is 13.0. The van der Waals surface area contributed by atoms with Gasteiger partial charge in [0, 0.05) is 33.0 Å². The van der Waals surface area contributed by atoms with Crippen LogP contribution in [-0.4, -0.2) is 18.6 Å². The second-order valence-corrected chi connectivity index (χ2v) is 9.67. The first kappa shape index (κ1) is 19.4. The lowest BCUT2D eigenvalue weighted by molar-refractivity contribution is 0.0581. The van der Waals surface area contributed by atoms with Gasteiger partial charge in [0.25, 0.3) is 0 Å². The molecule has 0 bridgehead atoms. The van der Waals surface area contributed by atoms with E-state index in [-0.39, 0.29) is 11.2 Å². The van der Waals surface area contributed by atoms with E-state index in [1.54, 1.807) is 0 Å². The Hall–Kier alpha value is -2.60. The number of likely N-dealkylation sites (N-methyl/N-ethyl adjacent to an activating group) is 1. The second kappa shape index (κ2) is 6.71. The zero-order valence-electron chi connectivity index (χ0n) is 17.1. The second-order valence-electron chi connectivity index (χ2n) is 8.43. The lowest BCUT2D eigenvalue weighted by Gasteiger charge is -2.45. The molecule has 3 nitrogen and oxygen atoms in total. The molecule has 0 amide bonds. The number of carbonyl (C=O) groups excluding carboxylic acids is 1. The summed E-state index contributed by atoms with van der Waals surface area (Å²) in [6.45, 7) is 4.38. The van der Waals surface area contributed by atoms with Crippen LogP contribution in [0.2, 0.25) is 0 Å². The number of hydrogen-bond acceptors (Lipinski definition) is 3. The van der Waals surface area contributed by atoms with Crippen molar-refractivity contribution in [3.8, 4) is 5.75 Å². The summed E-state index contributed by atoms with van der Waals surface area (Å²) in [5.41, 5.74) is 3.69. The molecule has 0 aromatic heterocycles. The van der Waals surface area contributed by atoms with Gasteiger partial charge in [0.05, 0.1) is 5.41 Å². The van der Waals surface area contributed by atoms with Crippen LogP contribution in [0.25, 0.3) is 6.08 Å². The number of ketones is 1. The molecule has 150 valence electrons. The fraction of sp³-hybridized carbons (Fsp3) is 0.192. The Morgan fingerprint density at radius 1 is 0.967 bits per heavy atom. The van der Waals surface area contributed by atoms with Crippen molar-refractivity contribution in [3.63, 3.8) is 0 Å².